The van der Waals surface area contributed by atoms with Crippen molar-refractivity contribution in [2.45, 2.75) is 11.8 Å². The lowest BCUT2D eigenvalue weighted by molar-refractivity contribution is -0.248. The van der Waals surface area contributed by atoms with Gasteiger partial charge in [0.1, 0.15) is 5.82 Å². The maximum Gasteiger partial charge on any atom is 0.425 e. The van der Waals surface area contributed by atoms with Gasteiger partial charge in [-0.25, -0.2) is 4.39 Å². The summed E-state index contributed by atoms with van der Waals surface area (Å²) in [6, 6.07) is 9.20. The first-order chi connectivity index (χ1) is 10.2. The van der Waals surface area contributed by atoms with Crippen LogP contribution in [0.4, 0.5) is 23.2 Å². The monoisotopic (exact) mass is 313 g/mol. The topological polar surface area (TPSA) is 23.5 Å². The number of nitrogens with zero attached hydrogens (tertiary/aromatic N) is 1. The molecule has 0 aliphatic heterocycles. The second-order valence-corrected chi connectivity index (χ2v) is 5.16. The van der Waals surface area contributed by atoms with Gasteiger partial charge in [0.2, 0.25) is 5.60 Å². The molecular weight excluding hydrogens is 298 g/mol. The molecule has 2 rings (SSSR count). The molecule has 118 valence electrons. The smallest absolute Gasteiger partial charge is 0.378 e. The fourth-order valence-electron chi connectivity index (χ4n) is 2.21. The third-order valence-corrected chi connectivity index (χ3v) is 3.45. The van der Waals surface area contributed by atoms with Crippen LogP contribution >= 0.6 is 0 Å². The molecule has 0 radical (unpaired) electrons. The quantitative estimate of drug-likeness (QED) is 0.874. The Morgan fingerprint density at radius 1 is 0.909 bits per heavy atom. The number of aliphatic hydroxyl groups is 1. The minimum atomic E-state index is -4.99. The predicted octanol–water partition coefficient (Wildman–Crippen LogP) is 3.69. The lowest BCUT2D eigenvalue weighted by Crippen LogP contribution is -2.43. The van der Waals surface area contributed by atoms with Gasteiger partial charge in [-0.2, -0.15) is 13.2 Å². The van der Waals surface area contributed by atoms with Crippen LogP contribution in [-0.2, 0) is 5.60 Å². The van der Waals surface area contributed by atoms with E-state index < -0.39 is 23.2 Å². The molecule has 0 heterocycles. The van der Waals surface area contributed by atoms with Crippen LogP contribution in [0.25, 0.3) is 0 Å². The molecule has 2 nitrogen and oxygen atoms in total. The summed E-state index contributed by atoms with van der Waals surface area (Å²) in [5.41, 5.74) is -3.50. The number of benzene rings is 2. The van der Waals surface area contributed by atoms with E-state index in [0.29, 0.717) is 11.8 Å². The van der Waals surface area contributed by atoms with E-state index in [2.05, 4.69) is 0 Å². The molecule has 0 aliphatic carbocycles. The van der Waals surface area contributed by atoms with Crippen molar-refractivity contribution in [2.75, 3.05) is 19.0 Å². The first-order valence-corrected chi connectivity index (χ1v) is 6.49. The molecule has 0 saturated heterocycles. The highest BCUT2D eigenvalue weighted by Gasteiger charge is 2.56. The van der Waals surface area contributed by atoms with E-state index in [0.717, 1.165) is 18.2 Å². The summed E-state index contributed by atoms with van der Waals surface area (Å²) in [6.45, 7) is 0. The van der Waals surface area contributed by atoms with Crippen molar-refractivity contribution in [1.29, 1.82) is 0 Å². The zero-order valence-corrected chi connectivity index (χ0v) is 12.0. The standard InChI is InChI=1S/C16H15F4NO/c1-21(2)14-8-6-11(7-9-14)15(22,16(18,19)20)12-4-3-5-13(17)10-12/h3-10,22H,1-2H3. The molecule has 2 aromatic rings. The molecule has 0 amide bonds. The van der Waals surface area contributed by atoms with Crippen molar-refractivity contribution in [3.8, 4) is 0 Å². The van der Waals surface area contributed by atoms with Gasteiger partial charge in [0, 0.05) is 25.3 Å². The second-order valence-electron chi connectivity index (χ2n) is 5.16. The Morgan fingerprint density at radius 2 is 1.50 bits per heavy atom. The van der Waals surface area contributed by atoms with E-state index >= 15 is 0 Å². The van der Waals surface area contributed by atoms with E-state index in [1.165, 1.54) is 24.3 Å². The summed E-state index contributed by atoms with van der Waals surface area (Å²) in [4.78, 5) is 1.72. The molecule has 1 N–H and O–H groups in total. The van der Waals surface area contributed by atoms with E-state index in [-0.39, 0.29) is 5.56 Å². The van der Waals surface area contributed by atoms with Gasteiger partial charge in [-0.15, -0.1) is 0 Å². The molecule has 22 heavy (non-hydrogen) atoms. The van der Waals surface area contributed by atoms with Crippen molar-refractivity contribution in [3.05, 3.63) is 65.5 Å². The van der Waals surface area contributed by atoms with Gasteiger partial charge < -0.3 is 10.0 Å². The number of anilines is 1. The second kappa shape index (κ2) is 5.61. The van der Waals surface area contributed by atoms with E-state index in [1.807, 2.05) is 0 Å². The lowest BCUT2D eigenvalue weighted by atomic mass is 9.85. The maximum absolute atomic E-state index is 13.5. The number of halogens is 4. The van der Waals surface area contributed by atoms with Crippen molar-refractivity contribution in [2.24, 2.45) is 0 Å². The zero-order chi connectivity index (χ0) is 16.5. The maximum atomic E-state index is 13.5. The van der Waals surface area contributed by atoms with Crippen LogP contribution in [-0.4, -0.2) is 25.4 Å². The highest BCUT2D eigenvalue weighted by atomic mass is 19.4. The highest BCUT2D eigenvalue weighted by molar-refractivity contribution is 5.49. The van der Waals surface area contributed by atoms with Gasteiger partial charge in [-0.1, -0.05) is 24.3 Å². The van der Waals surface area contributed by atoms with Gasteiger partial charge >= 0.3 is 6.18 Å². The Hall–Kier alpha value is -2.08. The van der Waals surface area contributed by atoms with Crippen LogP contribution in [0.5, 0.6) is 0 Å². The molecule has 0 spiro atoms. The highest BCUT2D eigenvalue weighted by Crippen LogP contribution is 2.44. The zero-order valence-electron chi connectivity index (χ0n) is 12.0. The fraction of sp³-hybridized carbons (Fsp3) is 0.250. The van der Waals surface area contributed by atoms with Crippen molar-refractivity contribution < 1.29 is 22.7 Å². The molecule has 0 aromatic heterocycles. The van der Waals surface area contributed by atoms with Crippen LogP contribution in [0.3, 0.4) is 0 Å². The molecule has 0 aliphatic rings. The van der Waals surface area contributed by atoms with E-state index in [1.54, 1.807) is 19.0 Å². The summed E-state index contributed by atoms with van der Waals surface area (Å²) in [6.07, 6.45) is -4.99. The third-order valence-electron chi connectivity index (χ3n) is 3.45. The summed E-state index contributed by atoms with van der Waals surface area (Å²) in [5, 5.41) is 10.3. The van der Waals surface area contributed by atoms with Crippen LogP contribution in [0.2, 0.25) is 0 Å². The first kappa shape index (κ1) is 16.3. The number of hydrogen-bond donors (Lipinski definition) is 1. The summed E-state index contributed by atoms with van der Waals surface area (Å²) < 4.78 is 53.7. The predicted molar refractivity (Wildman–Crippen MR) is 76.2 cm³/mol. The van der Waals surface area contributed by atoms with Gasteiger partial charge in [0.25, 0.3) is 0 Å². The van der Waals surface area contributed by atoms with Crippen LogP contribution in [0, 0.1) is 5.82 Å². The van der Waals surface area contributed by atoms with E-state index in [4.69, 9.17) is 0 Å². The average Bonchev–Trinajstić information content (AvgIpc) is 2.45. The molecule has 0 bridgehead atoms. The number of alkyl halides is 3. The Balaban J connectivity index is 2.60. The number of hydrogen-bond acceptors (Lipinski definition) is 2. The lowest BCUT2D eigenvalue weighted by Gasteiger charge is -2.31. The van der Waals surface area contributed by atoms with Gasteiger partial charge in [-0.3, -0.25) is 0 Å². The molecule has 2 aromatic carbocycles. The largest absolute Gasteiger partial charge is 0.425 e. The Kier molecular flexibility index (Phi) is 4.15. The molecule has 6 heteroatoms. The van der Waals surface area contributed by atoms with Crippen molar-refractivity contribution >= 4 is 5.69 Å². The Morgan fingerprint density at radius 3 is 1.95 bits per heavy atom. The molecule has 1 atom stereocenters. The minimum absolute atomic E-state index is 0.365. The van der Waals surface area contributed by atoms with Crippen LogP contribution in [0.1, 0.15) is 11.1 Å². The third kappa shape index (κ3) is 2.78. The van der Waals surface area contributed by atoms with Crippen molar-refractivity contribution in [3.63, 3.8) is 0 Å². The molecule has 1 unspecified atom stereocenters. The first-order valence-electron chi connectivity index (χ1n) is 6.49. The number of rotatable bonds is 3. The summed E-state index contributed by atoms with van der Waals surface area (Å²) >= 11 is 0. The van der Waals surface area contributed by atoms with Crippen LogP contribution < -0.4 is 4.90 Å². The van der Waals surface area contributed by atoms with Crippen molar-refractivity contribution in [1.82, 2.24) is 0 Å². The molecular formula is C16H15F4NO. The summed E-state index contributed by atoms with van der Waals surface area (Å²) in [7, 11) is 3.50. The SMILES string of the molecule is CN(C)c1ccc(C(O)(c2cccc(F)c2)C(F)(F)F)cc1. The summed E-state index contributed by atoms with van der Waals surface area (Å²) in [5.74, 6) is -0.843. The normalized spacial score (nSPS) is 14.5. The van der Waals surface area contributed by atoms with Crippen LogP contribution in [0.15, 0.2) is 48.5 Å². The minimum Gasteiger partial charge on any atom is -0.378 e. The van der Waals surface area contributed by atoms with Gasteiger partial charge in [0.15, 0.2) is 0 Å². The Labute approximate surface area is 125 Å². The van der Waals surface area contributed by atoms with E-state index in [9.17, 15) is 22.7 Å². The van der Waals surface area contributed by atoms with Gasteiger partial charge in [-0.05, 0) is 29.8 Å². The molecule has 0 fully saturated rings. The Bertz CT molecular complexity index is 652. The molecule has 0 saturated carbocycles. The van der Waals surface area contributed by atoms with Gasteiger partial charge in [0.05, 0.1) is 0 Å². The fourth-order valence-corrected chi connectivity index (χ4v) is 2.21. The average molecular weight is 313 g/mol.